The fraction of sp³-hybridized carbons (Fsp3) is 1.00. The predicted molar refractivity (Wildman–Crippen MR) is 81.6 cm³/mol. The molecule has 122 valence electrons. The zero-order valence-corrected chi connectivity index (χ0v) is 18.0. The van der Waals surface area contributed by atoms with Crippen LogP contribution in [0, 0.1) is 0 Å². The minimum Gasteiger partial charge on any atom is -0.748 e. The fourth-order valence-electron chi connectivity index (χ4n) is 2.40. The molecule has 0 aromatic heterocycles. The van der Waals surface area contributed by atoms with Crippen LogP contribution in [0.25, 0.3) is 0 Å². The van der Waals surface area contributed by atoms with Crippen molar-refractivity contribution >= 4 is 10.1 Å². The Balaban J connectivity index is 0. The maximum Gasteiger partial charge on any atom is 1.00 e. The van der Waals surface area contributed by atoms with Gasteiger partial charge in [-0.1, -0.05) is 58.3 Å². The van der Waals surface area contributed by atoms with Gasteiger partial charge in [0.15, 0.2) is 0 Å². The maximum absolute atomic E-state index is 11.2. The van der Waals surface area contributed by atoms with Gasteiger partial charge in [0.25, 0.3) is 0 Å². The summed E-state index contributed by atoms with van der Waals surface area (Å²) < 4.78 is 33.7. The topological polar surface area (TPSA) is 77.4 Å². The van der Waals surface area contributed by atoms with Crippen molar-refractivity contribution in [3.63, 3.8) is 0 Å². The zero-order chi connectivity index (χ0) is 15.4. The van der Waals surface area contributed by atoms with Crippen LogP contribution in [-0.2, 0) is 10.1 Å². The van der Waals surface area contributed by atoms with Gasteiger partial charge in [-0.2, -0.15) is 0 Å². The minimum atomic E-state index is -4.18. The third-order valence-corrected chi connectivity index (χ3v) is 4.97. The monoisotopic (exact) mass is 346 g/mol. The molecule has 0 aliphatic heterocycles. The summed E-state index contributed by atoms with van der Waals surface area (Å²) in [7, 11) is -4.18. The first-order valence-electron chi connectivity index (χ1n) is 8.00. The summed E-state index contributed by atoms with van der Waals surface area (Å²) in [4.78, 5) is 0. The molecule has 0 spiro atoms. The first-order chi connectivity index (χ1) is 9.38. The third-order valence-electron chi connectivity index (χ3n) is 3.69. The molecule has 0 saturated carbocycles. The van der Waals surface area contributed by atoms with Crippen LogP contribution < -0.4 is 51.4 Å². The molecule has 0 fully saturated rings. The molecule has 0 heterocycles. The summed E-state index contributed by atoms with van der Waals surface area (Å²) >= 11 is 0. The van der Waals surface area contributed by atoms with E-state index in [1.165, 1.54) is 19.3 Å². The van der Waals surface area contributed by atoms with Crippen molar-refractivity contribution in [2.45, 2.75) is 95.8 Å². The molecule has 0 aromatic rings. The molecule has 1 N–H and O–H groups in total. The molecule has 6 heteroatoms. The normalized spacial score (nSPS) is 14.5. The van der Waals surface area contributed by atoms with E-state index in [2.05, 4.69) is 6.92 Å². The quantitative estimate of drug-likeness (QED) is 0.301. The van der Waals surface area contributed by atoms with Gasteiger partial charge in [-0.25, -0.2) is 8.42 Å². The van der Waals surface area contributed by atoms with E-state index >= 15 is 0 Å². The van der Waals surface area contributed by atoms with E-state index in [1.807, 2.05) is 0 Å². The van der Waals surface area contributed by atoms with Crippen molar-refractivity contribution in [2.24, 2.45) is 0 Å². The average molecular weight is 347 g/mol. The predicted octanol–water partition coefficient (Wildman–Crippen LogP) is 0.596. The second-order valence-corrected chi connectivity index (χ2v) is 7.46. The van der Waals surface area contributed by atoms with Crippen LogP contribution >= 0.6 is 0 Å². The number of rotatable bonds is 13. The van der Waals surface area contributed by atoms with Crippen LogP contribution in [0.3, 0.4) is 0 Å². The Morgan fingerprint density at radius 3 is 1.81 bits per heavy atom. The Morgan fingerprint density at radius 1 is 0.905 bits per heavy atom. The molecule has 0 aromatic carbocycles. The van der Waals surface area contributed by atoms with E-state index < -0.39 is 15.4 Å². The molecule has 0 aliphatic rings. The fourth-order valence-corrected chi connectivity index (χ4v) is 3.31. The first kappa shape index (κ1) is 24.8. The smallest absolute Gasteiger partial charge is 0.748 e. The summed E-state index contributed by atoms with van der Waals surface area (Å²) in [6.45, 7) is 3.88. The second kappa shape index (κ2) is 15.1. The summed E-state index contributed by atoms with van der Waals surface area (Å²) in [5.74, 6) is 0. The molecule has 0 saturated heterocycles. The van der Waals surface area contributed by atoms with E-state index in [0.29, 0.717) is 25.7 Å². The van der Waals surface area contributed by atoms with Gasteiger partial charge in [0.05, 0.1) is 16.2 Å². The molecule has 0 aliphatic carbocycles. The van der Waals surface area contributed by atoms with E-state index in [0.717, 1.165) is 25.7 Å². The van der Waals surface area contributed by atoms with E-state index in [1.54, 1.807) is 6.92 Å². The van der Waals surface area contributed by atoms with Crippen LogP contribution in [-0.4, -0.2) is 29.4 Å². The Bertz CT molecular complexity index is 318. The first-order valence-corrected chi connectivity index (χ1v) is 9.47. The maximum atomic E-state index is 11.2. The Kier molecular flexibility index (Phi) is 17.8. The second-order valence-electron chi connectivity index (χ2n) is 5.80. The van der Waals surface area contributed by atoms with Crippen LogP contribution in [0.2, 0.25) is 0 Å². The Morgan fingerprint density at radius 2 is 1.33 bits per heavy atom. The van der Waals surface area contributed by atoms with E-state index in [4.69, 9.17) is 5.11 Å². The number of hydrogen-bond donors (Lipinski definition) is 1. The van der Waals surface area contributed by atoms with Gasteiger partial charge >= 0.3 is 51.4 Å². The van der Waals surface area contributed by atoms with Crippen molar-refractivity contribution in [1.82, 2.24) is 0 Å². The van der Waals surface area contributed by atoms with E-state index in [-0.39, 0.29) is 57.5 Å². The SMILES string of the molecule is CCCCCCCCC(CCCCC(C)O)S(=O)(=O)[O-].[K+]. The summed E-state index contributed by atoms with van der Waals surface area (Å²) in [5.41, 5.74) is 0. The van der Waals surface area contributed by atoms with Gasteiger partial charge in [0, 0.05) is 5.25 Å². The molecular formula is C15H31KO4S. The van der Waals surface area contributed by atoms with Crippen LogP contribution in [0.15, 0.2) is 0 Å². The molecule has 0 rings (SSSR count). The molecule has 0 radical (unpaired) electrons. The standard InChI is InChI=1S/C15H32O4S.K/c1-3-4-5-6-7-8-12-15(20(17,18)19)13-10-9-11-14(2)16;/h14-16H,3-13H2,1-2H3,(H,17,18,19);/q;+1/p-1. The van der Waals surface area contributed by atoms with Crippen molar-refractivity contribution in [2.75, 3.05) is 0 Å². The molecule has 2 unspecified atom stereocenters. The number of aliphatic hydroxyl groups excluding tert-OH is 1. The Labute approximate surface area is 173 Å². The van der Waals surface area contributed by atoms with Crippen LogP contribution in [0.1, 0.15) is 84.5 Å². The molecule has 2 atom stereocenters. The average Bonchev–Trinajstić information content (AvgIpc) is 2.34. The molecule has 0 amide bonds. The zero-order valence-electron chi connectivity index (χ0n) is 14.0. The van der Waals surface area contributed by atoms with Crippen molar-refractivity contribution < 1.29 is 69.5 Å². The number of unbranched alkanes of at least 4 members (excludes halogenated alkanes) is 6. The molecule has 4 nitrogen and oxygen atoms in total. The largest absolute Gasteiger partial charge is 1.00 e. The van der Waals surface area contributed by atoms with Gasteiger partial charge in [-0.15, -0.1) is 0 Å². The van der Waals surface area contributed by atoms with Crippen molar-refractivity contribution in [1.29, 1.82) is 0 Å². The summed E-state index contributed by atoms with van der Waals surface area (Å²) in [5, 5.41) is 8.41. The van der Waals surface area contributed by atoms with Gasteiger partial charge < -0.3 is 9.66 Å². The van der Waals surface area contributed by atoms with Crippen molar-refractivity contribution in [3.8, 4) is 0 Å². The number of hydrogen-bond acceptors (Lipinski definition) is 4. The molecular weight excluding hydrogens is 315 g/mol. The summed E-state index contributed by atoms with van der Waals surface area (Å²) in [6.07, 6.45) is 9.31. The van der Waals surface area contributed by atoms with Crippen LogP contribution in [0.5, 0.6) is 0 Å². The van der Waals surface area contributed by atoms with Gasteiger partial charge in [-0.05, 0) is 26.2 Å². The Hall–Kier alpha value is 1.51. The van der Waals surface area contributed by atoms with Gasteiger partial charge in [0.2, 0.25) is 0 Å². The third kappa shape index (κ3) is 16.2. The van der Waals surface area contributed by atoms with Crippen LogP contribution in [0.4, 0.5) is 0 Å². The van der Waals surface area contributed by atoms with Gasteiger partial charge in [-0.3, -0.25) is 0 Å². The minimum absolute atomic E-state index is 0. The van der Waals surface area contributed by atoms with Gasteiger partial charge in [0.1, 0.15) is 0 Å². The van der Waals surface area contributed by atoms with Crippen molar-refractivity contribution in [3.05, 3.63) is 0 Å². The molecule has 0 bridgehead atoms. The molecule has 21 heavy (non-hydrogen) atoms. The number of aliphatic hydroxyl groups is 1. The summed E-state index contributed by atoms with van der Waals surface area (Å²) in [6, 6.07) is 0. The van der Waals surface area contributed by atoms with E-state index in [9.17, 15) is 13.0 Å².